The molecule has 0 bridgehead atoms. The predicted octanol–water partition coefficient (Wildman–Crippen LogP) is 0.00854. The number of amides is 3. The predicted molar refractivity (Wildman–Crippen MR) is 77.6 cm³/mol. The molecule has 0 aromatic carbocycles. The second-order valence-corrected chi connectivity index (χ2v) is 5.44. The van der Waals surface area contributed by atoms with E-state index < -0.39 is 0 Å². The Balaban J connectivity index is 1.97. The normalized spacial score (nSPS) is 17.8. The molecule has 2 heterocycles. The van der Waals surface area contributed by atoms with Crippen molar-refractivity contribution in [3.8, 4) is 0 Å². The molecular formula is C14H20N4O3. The number of H-pyrrole nitrogens is 1. The molecule has 2 rings (SSSR count). The van der Waals surface area contributed by atoms with Crippen molar-refractivity contribution < 1.29 is 9.59 Å². The molecule has 1 aromatic rings. The number of hydrogen-bond acceptors (Lipinski definition) is 3. The molecule has 7 nitrogen and oxygen atoms in total. The van der Waals surface area contributed by atoms with Crippen LogP contribution in [0, 0.1) is 19.8 Å². The quantitative estimate of drug-likeness (QED) is 0.730. The fourth-order valence-corrected chi connectivity index (χ4v) is 2.55. The Morgan fingerprint density at radius 2 is 2.19 bits per heavy atom. The summed E-state index contributed by atoms with van der Waals surface area (Å²) < 4.78 is 0. The first-order chi connectivity index (χ1) is 9.88. The Morgan fingerprint density at radius 1 is 1.48 bits per heavy atom. The number of carbonyl (C=O) groups excluding carboxylic acids is 2. The second-order valence-electron chi connectivity index (χ2n) is 5.44. The largest absolute Gasteiger partial charge is 0.369 e. The van der Waals surface area contributed by atoms with E-state index in [4.69, 9.17) is 5.73 Å². The zero-order valence-corrected chi connectivity index (χ0v) is 12.2. The molecule has 4 N–H and O–H groups in total. The number of likely N-dealkylation sites (tertiary alicyclic amines) is 1. The van der Waals surface area contributed by atoms with Gasteiger partial charge in [0.25, 0.3) is 5.56 Å². The van der Waals surface area contributed by atoms with Crippen LogP contribution >= 0.6 is 0 Å². The van der Waals surface area contributed by atoms with Gasteiger partial charge in [-0.2, -0.15) is 0 Å². The maximum Gasteiger partial charge on any atom is 0.317 e. The van der Waals surface area contributed by atoms with Crippen molar-refractivity contribution in [2.24, 2.45) is 11.7 Å². The third kappa shape index (κ3) is 3.42. The number of aromatic nitrogens is 1. The molecule has 1 aromatic heterocycles. The van der Waals surface area contributed by atoms with Crippen molar-refractivity contribution in [1.82, 2.24) is 15.2 Å². The monoisotopic (exact) mass is 292 g/mol. The number of nitrogens with zero attached hydrogens (tertiary/aromatic N) is 1. The van der Waals surface area contributed by atoms with E-state index in [9.17, 15) is 14.4 Å². The summed E-state index contributed by atoms with van der Waals surface area (Å²) >= 11 is 0. The number of rotatable bonds is 3. The van der Waals surface area contributed by atoms with Crippen molar-refractivity contribution >= 4 is 11.9 Å². The van der Waals surface area contributed by atoms with Crippen LogP contribution in [0.25, 0.3) is 0 Å². The van der Waals surface area contributed by atoms with E-state index in [1.807, 2.05) is 19.9 Å². The van der Waals surface area contributed by atoms with Crippen molar-refractivity contribution in [3.63, 3.8) is 0 Å². The van der Waals surface area contributed by atoms with Crippen LogP contribution in [-0.2, 0) is 11.3 Å². The number of pyridine rings is 1. The average molecular weight is 292 g/mol. The van der Waals surface area contributed by atoms with Crippen molar-refractivity contribution in [1.29, 1.82) is 0 Å². The smallest absolute Gasteiger partial charge is 0.317 e. The van der Waals surface area contributed by atoms with Gasteiger partial charge in [-0.05, 0) is 31.9 Å². The van der Waals surface area contributed by atoms with Crippen LogP contribution in [0.5, 0.6) is 0 Å². The van der Waals surface area contributed by atoms with Gasteiger partial charge in [0.15, 0.2) is 0 Å². The summed E-state index contributed by atoms with van der Waals surface area (Å²) in [6, 6.07) is 1.58. The SMILES string of the molecule is Cc1cc(C)c(CNC(=O)N2CCC(C(N)=O)C2)c(=O)[nH]1. The molecule has 114 valence electrons. The van der Waals surface area contributed by atoms with Crippen LogP contribution in [0.2, 0.25) is 0 Å². The highest BCUT2D eigenvalue weighted by molar-refractivity contribution is 5.80. The van der Waals surface area contributed by atoms with Gasteiger partial charge >= 0.3 is 6.03 Å². The van der Waals surface area contributed by atoms with E-state index in [0.717, 1.165) is 11.3 Å². The molecule has 3 amide bonds. The highest BCUT2D eigenvalue weighted by Crippen LogP contribution is 2.15. The average Bonchev–Trinajstić information content (AvgIpc) is 2.86. The van der Waals surface area contributed by atoms with Crippen LogP contribution < -0.4 is 16.6 Å². The molecule has 0 radical (unpaired) electrons. The molecule has 1 saturated heterocycles. The van der Waals surface area contributed by atoms with E-state index in [2.05, 4.69) is 10.3 Å². The first kappa shape index (κ1) is 15.1. The van der Waals surface area contributed by atoms with E-state index in [1.165, 1.54) is 0 Å². The number of nitrogens with two attached hydrogens (primary N) is 1. The summed E-state index contributed by atoms with van der Waals surface area (Å²) in [4.78, 5) is 39.2. The van der Waals surface area contributed by atoms with Gasteiger partial charge in [-0.15, -0.1) is 0 Å². The minimum Gasteiger partial charge on any atom is -0.369 e. The lowest BCUT2D eigenvalue weighted by Crippen LogP contribution is -2.40. The molecule has 7 heteroatoms. The molecule has 1 aliphatic heterocycles. The van der Waals surface area contributed by atoms with Gasteiger partial charge in [0, 0.05) is 24.3 Å². The van der Waals surface area contributed by atoms with Crippen molar-refractivity contribution in [2.45, 2.75) is 26.8 Å². The lowest BCUT2D eigenvalue weighted by molar-refractivity contribution is -0.121. The topological polar surface area (TPSA) is 108 Å². The summed E-state index contributed by atoms with van der Waals surface area (Å²) in [6.45, 7) is 4.65. The number of aryl methyl sites for hydroxylation is 2. The minimum atomic E-state index is -0.379. The Kier molecular flexibility index (Phi) is 4.30. The van der Waals surface area contributed by atoms with E-state index in [1.54, 1.807) is 4.90 Å². The minimum absolute atomic E-state index is 0.165. The van der Waals surface area contributed by atoms with Crippen molar-refractivity contribution in [2.75, 3.05) is 13.1 Å². The summed E-state index contributed by atoms with van der Waals surface area (Å²) in [5.74, 6) is -0.656. The van der Waals surface area contributed by atoms with Crippen LogP contribution in [0.4, 0.5) is 4.79 Å². The van der Waals surface area contributed by atoms with E-state index in [0.29, 0.717) is 25.1 Å². The molecule has 1 fully saturated rings. The lowest BCUT2D eigenvalue weighted by Gasteiger charge is -2.17. The lowest BCUT2D eigenvalue weighted by atomic mass is 10.1. The van der Waals surface area contributed by atoms with Gasteiger partial charge in [-0.3, -0.25) is 9.59 Å². The number of urea groups is 1. The molecule has 21 heavy (non-hydrogen) atoms. The van der Waals surface area contributed by atoms with Gasteiger partial charge in [-0.25, -0.2) is 4.79 Å². The fraction of sp³-hybridized carbons (Fsp3) is 0.500. The fourth-order valence-electron chi connectivity index (χ4n) is 2.55. The standard InChI is InChI=1S/C14H20N4O3/c1-8-5-9(2)17-13(20)11(8)6-16-14(21)18-4-3-10(7-18)12(15)19/h5,10H,3-4,6-7H2,1-2H3,(H2,15,19)(H,16,21)(H,17,20). The van der Waals surface area contributed by atoms with E-state index in [-0.39, 0.29) is 30.0 Å². The first-order valence-electron chi connectivity index (χ1n) is 6.90. The number of hydrogen-bond donors (Lipinski definition) is 3. The number of aromatic amines is 1. The summed E-state index contributed by atoms with van der Waals surface area (Å²) in [7, 11) is 0. The van der Waals surface area contributed by atoms with E-state index >= 15 is 0 Å². The van der Waals surface area contributed by atoms with Crippen LogP contribution in [0.3, 0.4) is 0 Å². The van der Waals surface area contributed by atoms with Gasteiger partial charge in [0.05, 0.1) is 12.5 Å². The third-order valence-corrected chi connectivity index (χ3v) is 3.79. The van der Waals surface area contributed by atoms with Gasteiger partial charge in [-0.1, -0.05) is 0 Å². The van der Waals surface area contributed by atoms with Crippen LogP contribution in [0.1, 0.15) is 23.2 Å². The molecular weight excluding hydrogens is 272 g/mol. The van der Waals surface area contributed by atoms with Gasteiger partial charge < -0.3 is 20.9 Å². The number of primary amides is 1. The van der Waals surface area contributed by atoms with Crippen molar-refractivity contribution in [3.05, 3.63) is 33.2 Å². The molecule has 0 saturated carbocycles. The molecule has 1 unspecified atom stereocenters. The highest BCUT2D eigenvalue weighted by Gasteiger charge is 2.29. The number of nitrogens with one attached hydrogen (secondary N) is 2. The second kappa shape index (κ2) is 5.99. The summed E-state index contributed by atoms with van der Waals surface area (Å²) in [6.07, 6.45) is 0.590. The molecule has 0 aliphatic carbocycles. The number of carbonyl (C=O) groups is 2. The maximum atomic E-state index is 12.0. The van der Waals surface area contributed by atoms with Gasteiger partial charge in [0.2, 0.25) is 5.91 Å². The Labute approximate surface area is 122 Å². The molecule has 0 spiro atoms. The van der Waals surface area contributed by atoms with Crippen LogP contribution in [0.15, 0.2) is 10.9 Å². The maximum absolute atomic E-state index is 12.0. The molecule has 1 atom stereocenters. The summed E-state index contributed by atoms with van der Waals surface area (Å²) in [5, 5.41) is 2.72. The van der Waals surface area contributed by atoms with Crippen LogP contribution in [-0.4, -0.2) is 34.9 Å². The Morgan fingerprint density at radius 3 is 2.76 bits per heavy atom. The highest BCUT2D eigenvalue weighted by atomic mass is 16.2. The Hall–Kier alpha value is -2.31. The third-order valence-electron chi connectivity index (χ3n) is 3.79. The summed E-state index contributed by atoms with van der Waals surface area (Å²) in [5.41, 5.74) is 7.22. The first-order valence-corrected chi connectivity index (χ1v) is 6.90. The Bertz CT molecular complexity index is 623. The van der Waals surface area contributed by atoms with Gasteiger partial charge in [0.1, 0.15) is 0 Å². The zero-order chi connectivity index (χ0) is 15.6. The molecule has 1 aliphatic rings. The zero-order valence-electron chi connectivity index (χ0n) is 12.2.